The van der Waals surface area contributed by atoms with Gasteiger partial charge in [0, 0.05) is 11.6 Å². The molecular formula is C15H28O4Si. The van der Waals surface area contributed by atoms with Crippen LogP contribution >= 0.6 is 0 Å². The van der Waals surface area contributed by atoms with Gasteiger partial charge in [0.2, 0.25) is 0 Å². The molecule has 0 aromatic rings. The highest BCUT2D eigenvalue weighted by molar-refractivity contribution is 6.85. The Morgan fingerprint density at radius 1 is 0.850 bits per heavy atom. The summed E-state index contributed by atoms with van der Waals surface area (Å²) in [6.45, 7) is 14.7. The van der Waals surface area contributed by atoms with Crippen LogP contribution in [-0.4, -0.2) is 30.2 Å². The van der Waals surface area contributed by atoms with Gasteiger partial charge in [0.25, 0.3) is 0 Å². The lowest BCUT2D eigenvalue weighted by Gasteiger charge is -2.48. The highest BCUT2D eigenvalue weighted by Gasteiger charge is 2.49. The standard InChI is InChI=1S/C15H28O4Si/c1-9(2)20(10(3)4,11(5)6)12(7)13(15(18)19)8-14(16)17/h8-12H,1-7H3,(H,16,17)(H,18,19)/b13-8-. The van der Waals surface area contributed by atoms with E-state index in [-0.39, 0.29) is 11.1 Å². The van der Waals surface area contributed by atoms with Crippen LogP contribution in [0.3, 0.4) is 0 Å². The molecule has 0 saturated heterocycles. The van der Waals surface area contributed by atoms with E-state index in [4.69, 9.17) is 5.11 Å². The molecule has 2 N–H and O–H groups in total. The normalized spacial score (nSPS) is 15.0. The zero-order valence-electron chi connectivity index (χ0n) is 13.6. The molecule has 0 heterocycles. The van der Waals surface area contributed by atoms with Gasteiger partial charge in [0.05, 0.1) is 8.07 Å². The van der Waals surface area contributed by atoms with Crippen molar-refractivity contribution < 1.29 is 19.8 Å². The maximum atomic E-state index is 11.5. The highest BCUT2D eigenvalue weighted by atomic mass is 28.3. The fourth-order valence-corrected chi connectivity index (χ4v) is 12.0. The van der Waals surface area contributed by atoms with Crippen LogP contribution in [0.15, 0.2) is 11.6 Å². The Kier molecular flexibility index (Phi) is 6.67. The minimum Gasteiger partial charge on any atom is -0.478 e. The van der Waals surface area contributed by atoms with Crippen molar-refractivity contribution in [2.45, 2.75) is 70.6 Å². The Labute approximate surface area is 122 Å². The molecule has 20 heavy (non-hydrogen) atoms. The summed E-state index contributed by atoms with van der Waals surface area (Å²) < 4.78 is 0. The average Bonchev–Trinajstić information content (AvgIpc) is 2.23. The van der Waals surface area contributed by atoms with Gasteiger partial charge in [0.15, 0.2) is 0 Å². The lowest BCUT2D eigenvalue weighted by Crippen LogP contribution is -2.49. The lowest BCUT2D eigenvalue weighted by molar-refractivity contribution is -0.135. The van der Waals surface area contributed by atoms with Gasteiger partial charge in [0.1, 0.15) is 0 Å². The monoisotopic (exact) mass is 300 g/mol. The van der Waals surface area contributed by atoms with Crippen LogP contribution in [0.2, 0.25) is 22.2 Å². The predicted molar refractivity (Wildman–Crippen MR) is 83.8 cm³/mol. The van der Waals surface area contributed by atoms with Gasteiger partial charge in [-0.05, 0) is 5.54 Å². The molecule has 0 aliphatic carbocycles. The van der Waals surface area contributed by atoms with Crippen molar-refractivity contribution in [3.05, 3.63) is 11.6 Å². The minimum atomic E-state index is -2.04. The maximum Gasteiger partial charge on any atom is 0.331 e. The van der Waals surface area contributed by atoms with Crippen LogP contribution in [0.4, 0.5) is 0 Å². The molecule has 1 unspecified atom stereocenters. The summed E-state index contributed by atoms with van der Waals surface area (Å²) in [7, 11) is -2.04. The number of rotatable bonds is 7. The molecule has 0 fully saturated rings. The van der Waals surface area contributed by atoms with Crippen LogP contribution in [0, 0.1) is 0 Å². The highest BCUT2D eigenvalue weighted by Crippen LogP contribution is 2.51. The van der Waals surface area contributed by atoms with Gasteiger partial charge in [-0.2, -0.15) is 0 Å². The third-order valence-electron chi connectivity index (χ3n) is 4.74. The second kappa shape index (κ2) is 7.06. The number of carbonyl (C=O) groups is 2. The van der Waals surface area contributed by atoms with E-state index in [1.54, 1.807) is 0 Å². The quantitative estimate of drug-likeness (QED) is 0.547. The lowest BCUT2D eigenvalue weighted by atomic mass is 10.2. The fourth-order valence-electron chi connectivity index (χ4n) is 4.27. The summed E-state index contributed by atoms with van der Waals surface area (Å²) in [6, 6.07) is 0. The number of carboxylic acids is 2. The predicted octanol–water partition coefficient (Wildman–Crippen LogP) is 4.15. The number of hydrogen-bond acceptors (Lipinski definition) is 2. The van der Waals surface area contributed by atoms with Gasteiger partial charge in [-0.15, -0.1) is 0 Å². The zero-order valence-corrected chi connectivity index (χ0v) is 14.6. The molecule has 1 atom stereocenters. The molecule has 0 aliphatic heterocycles. The summed E-state index contributed by atoms with van der Waals surface area (Å²) in [6.07, 6.45) is 0.877. The van der Waals surface area contributed by atoms with Crippen molar-refractivity contribution in [2.24, 2.45) is 0 Å². The van der Waals surface area contributed by atoms with Crippen molar-refractivity contribution in [3.8, 4) is 0 Å². The van der Waals surface area contributed by atoms with Crippen molar-refractivity contribution in [2.75, 3.05) is 0 Å². The second-order valence-corrected chi connectivity index (χ2v) is 12.8. The molecule has 0 rings (SSSR count). The molecule has 0 aromatic heterocycles. The van der Waals surface area contributed by atoms with E-state index in [1.807, 2.05) is 6.92 Å². The summed E-state index contributed by atoms with van der Waals surface area (Å²) in [5.74, 6) is -2.30. The Hall–Kier alpha value is -1.10. The van der Waals surface area contributed by atoms with E-state index >= 15 is 0 Å². The summed E-state index contributed by atoms with van der Waals surface area (Å²) in [5, 5.41) is 18.3. The van der Waals surface area contributed by atoms with E-state index in [0.29, 0.717) is 16.6 Å². The molecule has 0 spiro atoms. The first-order chi connectivity index (χ1) is 8.99. The van der Waals surface area contributed by atoms with Crippen molar-refractivity contribution in [1.82, 2.24) is 0 Å². The van der Waals surface area contributed by atoms with E-state index in [1.165, 1.54) is 0 Å². The van der Waals surface area contributed by atoms with Crippen molar-refractivity contribution in [3.63, 3.8) is 0 Å². The number of hydrogen-bond donors (Lipinski definition) is 2. The molecule has 0 aromatic carbocycles. The van der Waals surface area contributed by atoms with Crippen LogP contribution in [0.1, 0.15) is 48.5 Å². The smallest absolute Gasteiger partial charge is 0.331 e. The Morgan fingerprint density at radius 3 is 1.40 bits per heavy atom. The molecule has 4 nitrogen and oxygen atoms in total. The SMILES string of the molecule is CC(C)[Si](C(C)C)(C(C)C)C(C)/C(=C/C(=O)O)C(=O)O. The van der Waals surface area contributed by atoms with Gasteiger partial charge < -0.3 is 10.2 Å². The van der Waals surface area contributed by atoms with Gasteiger partial charge in [-0.1, -0.05) is 65.1 Å². The van der Waals surface area contributed by atoms with Gasteiger partial charge in [-0.3, -0.25) is 0 Å². The molecular weight excluding hydrogens is 272 g/mol. The Balaban J connectivity index is 6.05. The first kappa shape index (κ1) is 18.9. The Morgan fingerprint density at radius 2 is 1.20 bits per heavy atom. The largest absolute Gasteiger partial charge is 0.478 e. The van der Waals surface area contributed by atoms with E-state index < -0.39 is 20.0 Å². The summed E-state index contributed by atoms with van der Waals surface area (Å²) in [4.78, 5) is 22.4. The third-order valence-corrected chi connectivity index (χ3v) is 12.6. The van der Waals surface area contributed by atoms with Gasteiger partial charge >= 0.3 is 11.9 Å². The van der Waals surface area contributed by atoms with E-state index in [2.05, 4.69) is 41.5 Å². The number of aliphatic carboxylic acids is 2. The molecule has 116 valence electrons. The van der Waals surface area contributed by atoms with Gasteiger partial charge in [-0.25, -0.2) is 9.59 Å². The fraction of sp³-hybridized carbons (Fsp3) is 0.733. The first-order valence-corrected chi connectivity index (χ1v) is 9.48. The van der Waals surface area contributed by atoms with Crippen LogP contribution < -0.4 is 0 Å². The second-order valence-electron chi connectivity index (χ2n) is 6.43. The molecule has 0 aliphatic rings. The Bertz CT molecular complexity index is 375. The first-order valence-electron chi connectivity index (χ1n) is 7.17. The molecule has 5 heteroatoms. The topological polar surface area (TPSA) is 74.6 Å². The summed E-state index contributed by atoms with van der Waals surface area (Å²) >= 11 is 0. The summed E-state index contributed by atoms with van der Waals surface area (Å²) in [5.41, 5.74) is 0.994. The van der Waals surface area contributed by atoms with E-state index in [0.717, 1.165) is 6.08 Å². The third kappa shape index (κ3) is 3.51. The maximum absolute atomic E-state index is 11.5. The molecule has 0 radical (unpaired) electrons. The zero-order chi connectivity index (χ0) is 16.2. The van der Waals surface area contributed by atoms with Crippen LogP contribution in [0.5, 0.6) is 0 Å². The minimum absolute atomic E-state index is 0.0419. The van der Waals surface area contributed by atoms with E-state index in [9.17, 15) is 14.7 Å². The average molecular weight is 300 g/mol. The van der Waals surface area contributed by atoms with Crippen LogP contribution in [-0.2, 0) is 9.59 Å². The van der Waals surface area contributed by atoms with Crippen LogP contribution in [0.25, 0.3) is 0 Å². The molecule has 0 amide bonds. The molecule has 0 saturated carbocycles. The number of carboxylic acid groups (broad SMARTS) is 2. The van der Waals surface area contributed by atoms with Crippen molar-refractivity contribution in [1.29, 1.82) is 0 Å². The van der Waals surface area contributed by atoms with Crippen molar-refractivity contribution >= 4 is 20.0 Å². The molecule has 0 bridgehead atoms.